The number of carbonyl (C=O) groups is 1. The maximum absolute atomic E-state index is 12.0. The van der Waals surface area contributed by atoms with Crippen molar-refractivity contribution in [2.45, 2.75) is 26.7 Å². The number of nitrogens with one attached hydrogen (secondary N) is 1. The lowest BCUT2D eigenvalue weighted by Gasteiger charge is -2.10. The van der Waals surface area contributed by atoms with Gasteiger partial charge in [0.05, 0.1) is 6.61 Å². The van der Waals surface area contributed by atoms with Gasteiger partial charge in [-0.25, -0.2) is 0 Å². The summed E-state index contributed by atoms with van der Waals surface area (Å²) in [6.07, 6.45) is 1.04. The van der Waals surface area contributed by atoms with E-state index in [4.69, 9.17) is 10.5 Å². The molecule has 23 heavy (non-hydrogen) atoms. The van der Waals surface area contributed by atoms with Gasteiger partial charge in [0, 0.05) is 17.8 Å². The van der Waals surface area contributed by atoms with Crippen LogP contribution in [0.4, 0.5) is 11.4 Å². The molecule has 2 aromatic rings. The molecule has 1 amide bonds. The number of para-hydroxylation sites is 1. The fourth-order valence-corrected chi connectivity index (χ4v) is 2.13. The predicted octanol–water partition coefficient (Wildman–Crippen LogP) is 3.87. The zero-order valence-corrected chi connectivity index (χ0v) is 13.7. The van der Waals surface area contributed by atoms with Crippen LogP contribution < -0.4 is 15.8 Å². The van der Waals surface area contributed by atoms with Gasteiger partial charge in [0.15, 0.2) is 0 Å². The van der Waals surface area contributed by atoms with E-state index in [-0.39, 0.29) is 5.91 Å². The molecule has 0 atom stereocenters. The molecule has 0 aromatic heterocycles. The fourth-order valence-electron chi connectivity index (χ4n) is 2.13. The van der Waals surface area contributed by atoms with E-state index in [9.17, 15) is 4.79 Å². The summed E-state index contributed by atoms with van der Waals surface area (Å²) < 4.78 is 5.62. The third-order valence-electron chi connectivity index (χ3n) is 3.40. The normalized spacial score (nSPS) is 10.6. The first-order valence-corrected chi connectivity index (χ1v) is 7.90. The van der Waals surface area contributed by atoms with Gasteiger partial charge in [-0.3, -0.25) is 4.79 Å². The third-order valence-corrected chi connectivity index (χ3v) is 3.40. The third kappa shape index (κ3) is 5.66. The average Bonchev–Trinajstić information content (AvgIpc) is 2.53. The van der Waals surface area contributed by atoms with E-state index in [2.05, 4.69) is 19.2 Å². The number of ether oxygens (including phenoxy) is 1. The number of amides is 1. The van der Waals surface area contributed by atoms with E-state index < -0.39 is 0 Å². The van der Waals surface area contributed by atoms with E-state index in [1.54, 1.807) is 0 Å². The van der Waals surface area contributed by atoms with Gasteiger partial charge in [-0.2, -0.15) is 0 Å². The fraction of sp³-hybridized carbons (Fsp3) is 0.316. The summed E-state index contributed by atoms with van der Waals surface area (Å²) in [6.45, 7) is 4.90. The molecule has 0 saturated carbocycles. The molecule has 0 spiro atoms. The van der Waals surface area contributed by atoms with Gasteiger partial charge in [-0.1, -0.05) is 32.0 Å². The van der Waals surface area contributed by atoms with Gasteiger partial charge in [0.2, 0.25) is 5.91 Å². The first-order chi connectivity index (χ1) is 11.0. The van der Waals surface area contributed by atoms with Crippen LogP contribution in [-0.2, 0) is 11.2 Å². The van der Waals surface area contributed by atoms with Crippen LogP contribution in [0.5, 0.6) is 5.75 Å². The second kappa shape index (κ2) is 8.22. The summed E-state index contributed by atoms with van der Waals surface area (Å²) in [5, 5.41) is 2.89. The highest BCUT2D eigenvalue weighted by Gasteiger charge is 2.05. The van der Waals surface area contributed by atoms with Crippen LogP contribution in [0.2, 0.25) is 0 Å². The highest BCUT2D eigenvalue weighted by atomic mass is 16.5. The lowest BCUT2D eigenvalue weighted by Crippen LogP contribution is -2.12. The van der Waals surface area contributed by atoms with Crippen molar-refractivity contribution in [1.29, 1.82) is 0 Å². The molecule has 0 saturated heterocycles. The number of nitrogens with two attached hydrogens (primary N) is 1. The van der Waals surface area contributed by atoms with Gasteiger partial charge in [0.1, 0.15) is 5.75 Å². The number of rotatable bonds is 7. The number of benzene rings is 2. The maximum Gasteiger partial charge on any atom is 0.224 e. The molecule has 0 radical (unpaired) electrons. The Kier molecular flexibility index (Phi) is 6.03. The molecular weight excluding hydrogens is 288 g/mol. The topological polar surface area (TPSA) is 64.3 Å². The van der Waals surface area contributed by atoms with Gasteiger partial charge in [0.25, 0.3) is 0 Å². The first kappa shape index (κ1) is 16.9. The Morgan fingerprint density at radius 3 is 2.48 bits per heavy atom. The van der Waals surface area contributed by atoms with Crippen molar-refractivity contribution in [3.63, 3.8) is 0 Å². The largest absolute Gasteiger partial charge is 0.493 e. The predicted molar refractivity (Wildman–Crippen MR) is 94.6 cm³/mol. The van der Waals surface area contributed by atoms with Gasteiger partial charge in [-0.15, -0.1) is 0 Å². The van der Waals surface area contributed by atoms with Gasteiger partial charge >= 0.3 is 0 Å². The standard InChI is InChI=1S/C19H24N2O2/c1-14(2)13-23-17-10-8-16(9-11-17)21-19(22)12-7-15-5-3-4-6-18(15)20/h3-6,8-11,14H,7,12-13,20H2,1-2H3,(H,21,22). The van der Waals surface area contributed by atoms with Crippen molar-refractivity contribution in [3.05, 3.63) is 54.1 Å². The summed E-state index contributed by atoms with van der Waals surface area (Å²) in [5.74, 6) is 1.28. The molecule has 2 rings (SSSR count). The van der Waals surface area contributed by atoms with Crippen LogP contribution in [0, 0.1) is 5.92 Å². The van der Waals surface area contributed by atoms with Gasteiger partial charge in [-0.05, 0) is 48.2 Å². The highest BCUT2D eigenvalue weighted by Crippen LogP contribution is 2.17. The van der Waals surface area contributed by atoms with Crippen LogP contribution >= 0.6 is 0 Å². The van der Waals surface area contributed by atoms with Gasteiger partial charge < -0.3 is 15.8 Å². The van der Waals surface area contributed by atoms with Crippen LogP contribution in [0.1, 0.15) is 25.8 Å². The van der Waals surface area contributed by atoms with Crippen LogP contribution in [0.25, 0.3) is 0 Å². The minimum atomic E-state index is -0.0240. The Balaban J connectivity index is 1.82. The molecule has 0 unspecified atom stereocenters. The zero-order valence-electron chi connectivity index (χ0n) is 13.7. The first-order valence-electron chi connectivity index (χ1n) is 7.90. The number of anilines is 2. The number of hydrogen-bond donors (Lipinski definition) is 2. The minimum absolute atomic E-state index is 0.0240. The second-order valence-corrected chi connectivity index (χ2v) is 5.98. The van der Waals surface area contributed by atoms with Crippen molar-refractivity contribution >= 4 is 17.3 Å². The van der Waals surface area contributed by atoms with E-state index in [0.29, 0.717) is 25.4 Å². The molecule has 2 aromatic carbocycles. The number of hydrogen-bond acceptors (Lipinski definition) is 3. The number of carbonyl (C=O) groups excluding carboxylic acids is 1. The van der Waals surface area contributed by atoms with Crippen molar-refractivity contribution in [3.8, 4) is 5.75 Å². The van der Waals surface area contributed by atoms with Crippen LogP contribution in [0.3, 0.4) is 0 Å². The molecular formula is C19H24N2O2. The van der Waals surface area contributed by atoms with Crippen molar-refractivity contribution < 1.29 is 9.53 Å². The lowest BCUT2D eigenvalue weighted by molar-refractivity contribution is -0.116. The van der Waals surface area contributed by atoms with Crippen molar-refractivity contribution in [1.82, 2.24) is 0 Å². The Labute approximate surface area is 137 Å². The zero-order chi connectivity index (χ0) is 16.7. The molecule has 0 aliphatic rings. The van der Waals surface area contributed by atoms with Crippen molar-refractivity contribution in [2.24, 2.45) is 5.92 Å². The Bertz CT molecular complexity index is 636. The van der Waals surface area contributed by atoms with E-state index in [0.717, 1.165) is 22.7 Å². The molecule has 4 heteroatoms. The van der Waals surface area contributed by atoms with Crippen LogP contribution in [0.15, 0.2) is 48.5 Å². The average molecular weight is 312 g/mol. The quantitative estimate of drug-likeness (QED) is 0.763. The Morgan fingerprint density at radius 1 is 1.13 bits per heavy atom. The Morgan fingerprint density at radius 2 is 1.83 bits per heavy atom. The number of nitrogen functional groups attached to an aromatic ring is 1. The highest BCUT2D eigenvalue weighted by molar-refractivity contribution is 5.90. The summed E-state index contributed by atoms with van der Waals surface area (Å²) in [5.41, 5.74) is 8.38. The monoisotopic (exact) mass is 312 g/mol. The molecule has 0 heterocycles. The van der Waals surface area contributed by atoms with Crippen LogP contribution in [-0.4, -0.2) is 12.5 Å². The van der Waals surface area contributed by atoms with Crippen molar-refractivity contribution in [2.75, 3.05) is 17.7 Å². The van der Waals surface area contributed by atoms with E-state index >= 15 is 0 Å². The summed E-state index contributed by atoms with van der Waals surface area (Å²) in [7, 11) is 0. The molecule has 0 aliphatic heterocycles. The van der Waals surface area contributed by atoms with E-state index in [1.165, 1.54) is 0 Å². The molecule has 3 N–H and O–H groups in total. The lowest BCUT2D eigenvalue weighted by atomic mass is 10.1. The molecule has 122 valence electrons. The molecule has 0 fully saturated rings. The SMILES string of the molecule is CC(C)COc1ccc(NC(=O)CCc2ccccc2N)cc1. The summed E-state index contributed by atoms with van der Waals surface area (Å²) in [4.78, 5) is 12.0. The Hall–Kier alpha value is -2.49. The van der Waals surface area contributed by atoms with E-state index in [1.807, 2.05) is 48.5 Å². The molecule has 4 nitrogen and oxygen atoms in total. The maximum atomic E-state index is 12.0. The molecule has 0 aliphatic carbocycles. The number of aryl methyl sites for hydroxylation is 1. The minimum Gasteiger partial charge on any atom is -0.493 e. The summed E-state index contributed by atoms with van der Waals surface area (Å²) >= 11 is 0. The smallest absolute Gasteiger partial charge is 0.224 e. The summed E-state index contributed by atoms with van der Waals surface area (Å²) in [6, 6.07) is 15.1. The second-order valence-electron chi connectivity index (χ2n) is 5.98. The molecule has 0 bridgehead atoms.